The van der Waals surface area contributed by atoms with Crippen molar-refractivity contribution in [2.24, 2.45) is 4.40 Å². The maximum atomic E-state index is 13.1. The molecule has 9 heteroatoms. The van der Waals surface area contributed by atoms with E-state index in [-0.39, 0.29) is 16.7 Å². The van der Waals surface area contributed by atoms with E-state index in [0.29, 0.717) is 35.6 Å². The van der Waals surface area contributed by atoms with Crippen LogP contribution in [0.3, 0.4) is 0 Å². The average molecular weight is 453 g/mol. The quantitative estimate of drug-likeness (QED) is 0.771. The fourth-order valence-electron chi connectivity index (χ4n) is 4.61. The monoisotopic (exact) mass is 452 g/mol. The number of carbonyl (C=O) groups excluding carboxylic acids is 2. The fourth-order valence-corrected chi connectivity index (χ4v) is 5.83. The molecule has 1 atom stereocenters. The van der Waals surface area contributed by atoms with Crippen LogP contribution >= 0.6 is 0 Å². The molecule has 3 aliphatic heterocycles. The summed E-state index contributed by atoms with van der Waals surface area (Å²) in [6.45, 7) is 2.14. The van der Waals surface area contributed by atoms with E-state index in [9.17, 15) is 18.0 Å². The van der Waals surface area contributed by atoms with Gasteiger partial charge in [0.25, 0.3) is 15.9 Å². The van der Waals surface area contributed by atoms with Crippen molar-refractivity contribution < 1.29 is 18.0 Å². The Morgan fingerprint density at radius 2 is 1.66 bits per heavy atom. The second kappa shape index (κ2) is 8.05. The normalized spacial score (nSPS) is 21.4. The summed E-state index contributed by atoms with van der Waals surface area (Å²) in [4.78, 5) is 29.4. The Kier molecular flexibility index (Phi) is 5.21. The predicted molar refractivity (Wildman–Crippen MR) is 120 cm³/mol. The second-order valence-corrected chi connectivity index (χ2v) is 9.88. The van der Waals surface area contributed by atoms with Crippen molar-refractivity contribution in [2.75, 3.05) is 25.0 Å². The molecule has 32 heavy (non-hydrogen) atoms. The first kappa shape index (κ1) is 20.7. The predicted octanol–water partition coefficient (Wildman–Crippen LogP) is 2.47. The smallest absolute Gasteiger partial charge is 0.285 e. The standard InChI is InChI=1S/C23H24N4O4S/c28-22(24-17-11-9-16(10-12-17)23(29)26-13-3-4-14-26)19-7-5-15-27(19)21-18-6-1-2-8-20(18)32(30,31)25-21/h1-2,6,8-12,19H,3-5,7,13-15H2,(H,24,28)/t19-/m0/s1. The van der Waals surface area contributed by atoms with Gasteiger partial charge in [-0.1, -0.05) is 12.1 Å². The summed E-state index contributed by atoms with van der Waals surface area (Å²) in [7, 11) is -3.74. The molecule has 0 spiro atoms. The van der Waals surface area contributed by atoms with Crippen LogP contribution in [0.4, 0.5) is 5.69 Å². The van der Waals surface area contributed by atoms with E-state index < -0.39 is 16.1 Å². The Hall–Kier alpha value is -3.20. The van der Waals surface area contributed by atoms with Gasteiger partial charge in [0, 0.05) is 36.4 Å². The highest BCUT2D eigenvalue weighted by Crippen LogP contribution is 2.31. The molecular formula is C23H24N4O4S. The number of nitrogens with zero attached hydrogens (tertiary/aromatic N) is 3. The number of nitrogens with one attached hydrogen (secondary N) is 1. The molecule has 1 N–H and O–H groups in total. The number of likely N-dealkylation sites (tertiary alicyclic amines) is 2. The lowest BCUT2D eigenvalue weighted by Crippen LogP contribution is -2.43. The van der Waals surface area contributed by atoms with Gasteiger partial charge in [-0.2, -0.15) is 8.42 Å². The summed E-state index contributed by atoms with van der Waals surface area (Å²) in [6.07, 6.45) is 3.45. The molecule has 2 aromatic carbocycles. The van der Waals surface area contributed by atoms with Crippen LogP contribution < -0.4 is 5.32 Å². The molecule has 0 radical (unpaired) electrons. The van der Waals surface area contributed by atoms with Crippen molar-refractivity contribution in [3.63, 3.8) is 0 Å². The lowest BCUT2D eigenvalue weighted by molar-refractivity contribution is -0.119. The van der Waals surface area contributed by atoms with Gasteiger partial charge in [0.1, 0.15) is 10.9 Å². The zero-order valence-corrected chi connectivity index (χ0v) is 18.3. The van der Waals surface area contributed by atoms with Gasteiger partial charge < -0.3 is 15.1 Å². The number of amidine groups is 1. The van der Waals surface area contributed by atoms with Crippen molar-refractivity contribution in [3.05, 3.63) is 59.7 Å². The molecule has 2 saturated heterocycles. The maximum absolute atomic E-state index is 13.1. The first-order chi connectivity index (χ1) is 15.4. The number of sulfonamides is 1. The van der Waals surface area contributed by atoms with Gasteiger partial charge in [0.2, 0.25) is 5.91 Å². The third kappa shape index (κ3) is 3.66. The van der Waals surface area contributed by atoms with Crippen molar-refractivity contribution >= 4 is 33.4 Å². The summed E-state index contributed by atoms with van der Waals surface area (Å²) < 4.78 is 28.8. The number of hydrogen-bond acceptors (Lipinski definition) is 5. The Morgan fingerprint density at radius 1 is 0.938 bits per heavy atom. The van der Waals surface area contributed by atoms with Crippen LogP contribution in [0, 0.1) is 0 Å². The van der Waals surface area contributed by atoms with E-state index in [2.05, 4.69) is 9.71 Å². The highest BCUT2D eigenvalue weighted by atomic mass is 32.2. The van der Waals surface area contributed by atoms with E-state index in [4.69, 9.17) is 0 Å². The van der Waals surface area contributed by atoms with Crippen molar-refractivity contribution in [2.45, 2.75) is 36.6 Å². The molecule has 2 aromatic rings. The largest absolute Gasteiger partial charge is 0.343 e. The number of rotatable bonds is 3. The molecule has 2 amide bonds. The van der Waals surface area contributed by atoms with Crippen LogP contribution in [0.1, 0.15) is 41.6 Å². The summed E-state index contributed by atoms with van der Waals surface area (Å²) in [5.74, 6) is 0.136. The van der Waals surface area contributed by atoms with E-state index >= 15 is 0 Å². The molecule has 3 heterocycles. The molecule has 5 rings (SSSR count). The molecule has 0 aromatic heterocycles. The van der Waals surface area contributed by atoms with Crippen LogP contribution in [0.5, 0.6) is 0 Å². The van der Waals surface area contributed by atoms with E-state index in [1.165, 1.54) is 6.07 Å². The lowest BCUT2D eigenvalue weighted by atomic mass is 10.1. The minimum atomic E-state index is -3.74. The molecule has 0 bridgehead atoms. The number of hydrogen-bond donors (Lipinski definition) is 1. The minimum absolute atomic E-state index is 0.0152. The fraction of sp³-hybridized carbons (Fsp3) is 0.348. The highest BCUT2D eigenvalue weighted by molar-refractivity contribution is 7.90. The van der Waals surface area contributed by atoms with Gasteiger partial charge in [-0.15, -0.1) is 4.40 Å². The summed E-state index contributed by atoms with van der Waals surface area (Å²) in [5, 5.41) is 2.91. The Bertz CT molecular complexity index is 1200. The number of anilines is 1. The summed E-state index contributed by atoms with van der Waals surface area (Å²) in [6, 6.07) is 13.1. The summed E-state index contributed by atoms with van der Waals surface area (Å²) >= 11 is 0. The van der Waals surface area contributed by atoms with E-state index in [1.54, 1.807) is 47.4 Å². The average Bonchev–Trinajstić information content (AvgIpc) is 3.54. The third-order valence-corrected chi connectivity index (χ3v) is 7.56. The van der Waals surface area contributed by atoms with Gasteiger partial charge in [-0.05, 0) is 62.1 Å². The van der Waals surface area contributed by atoms with Gasteiger partial charge in [-0.3, -0.25) is 9.59 Å². The van der Waals surface area contributed by atoms with Crippen LogP contribution in [-0.4, -0.2) is 61.5 Å². The Balaban J connectivity index is 1.31. The Labute approximate surface area is 187 Å². The number of benzene rings is 2. The topological polar surface area (TPSA) is 99.2 Å². The molecular weight excluding hydrogens is 428 g/mol. The molecule has 0 aliphatic carbocycles. The number of fused-ring (bicyclic) bond motifs is 1. The van der Waals surface area contributed by atoms with Gasteiger partial charge in [0.15, 0.2) is 5.84 Å². The van der Waals surface area contributed by atoms with Crippen LogP contribution in [0.15, 0.2) is 57.8 Å². The number of carbonyl (C=O) groups is 2. The lowest BCUT2D eigenvalue weighted by Gasteiger charge is -2.25. The van der Waals surface area contributed by atoms with Crippen molar-refractivity contribution in [3.8, 4) is 0 Å². The first-order valence-electron chi connectivity index (χ1n) is 10.9. The van der Waals surface area contributed by atoms with Gasteiger partial charge in [-0.25, -0.2) is 0 Å². The number of amides is 2. The van der Waals surface area contributed by atoms with E-state index in [0.717, 1.165) is 32.4 Å². The van der Waals surface area contributed by atoms with Crippen LogP contribution in [-0.2, 0) is 14.8 Å². The Morgan fingerprint density at radius 3 is 2.41 bits per heavy atom. The maximum Gasteiger partial charge on any atom is 0.285 e. The van der Waals surface area contributed by atoms with Crippen LogP contribution in [0.25, 0.3) is 0 Å². The molecule has 166 valence electrons. The minimum Gasteiger partial charge on any atom is -0.343 e. The first-order valence-corrected chi connectivity index (χ1v) is 12.3. The zero-order chi connectivity index (χ0) is 22.3. The second-order valence-electron chi connectivity index (χ2n) is 8.30. The molecule has 2 fully saturated rings. The van der Waals surface area contributed by atoms with Crippen molar-refractivity contribution in [1.29, 1.82) is 0 Å². The third-order valence-electron chi connectivity index (χ3n) is 6.23. The molecule has 8 nitrogen and oxygen atoms in total. The SMILES string of the molecule is O=C(Nc1ccc(C(=O)N2CCCC2)cc1)[C@@H]1CCCN1C1=NS(=O)(=O)c2ccccc21. The van der Waals surface area contributed by atoms with Gasteiger partial charge >= 0.3 is 0 Å². The summed E-state index contributed by atoms with van der Waals surface area (Å²) in [5.41, 5.74) is 1.74. The molecule has 0 saturated carbocycles. The van der Waals surface area contributed by atoms with Gasteiger partial charge in [0.05, 0.1) is 0 Å². The van der Waals surface area contributed by atoms with Crippen LogP contribution in [0.2, 0.25) is 0 Å². The van der Waals surface area contributed by atoms with E-state index in [1.807, 2.05) is 4.90 Å². The van der Waals surface area contributed by atoms with Crippen molar-refractivity contribution in [1.82, 2.24) is 9.80 Å². The molecule has 0 unspecified atom stereocenters. The molecule has 3 aliphatic rings. The highest BCUT2D eigenvalue weighted by Gasteiger charge is 2.39. The zero-order valence-electron chi connectivity index (χ0n) is 17.5.